The molecule has 2 amide bonds. The average Bonchev–Trinajstić information content (AvgIpc) is 2.61. The van der Waals surface area contributed by atoms with E-state index in [4.69, 9.17) is 10.5 Å². The number of rotatable bonds is 7. The molecule has 7 nitrogen and oxygen atoms in total. The summed E-state index contributed by atoms with van der Waals surface area (Å²) in [6, 6.07) is 3.79. The molecule has 31 heavy (non-hydrogen) atoms. The van der Waals surface area contributed by atoms with Crippen molar-refractivity contribution in [3.8, 4) is 0 Å². The second-order valence-electron chi connectivity index (χ2n) is 10.5. The number of amides is 2. The highest BCUT2D eigenvalue weighted by atomic mass is 19.1. The summed E-state index contributed by atoms with van der Waals surface area (Å²) in [7, 11) is 0. The van der Waals surface area contributed by atoms with Crippen molar-refractivity contribution >= 4 is 23.2 Å². The van der Waals surface area contributed by atoms with Crippen LogP contribution in [0.4, 0.5) is 15.8 Å². The van der Waals surface area contributed by atoms with Gasteiger partial charge in [-0.15, -0.1) is 0 Å². The van der Waals surface area contributed by atoms with E-state index in [9.17, 15) is 14.0 Å². The van der Waals surface area contributed by atoms with E-state index in [0.29, 0.717) is 31.9 Å². The molecule has 1 atom stereocenters. The number of benzene rings is 1. The Bertz CT molecular complexity index is 770. The molecule has 8 heteroatoms. The summed E-state index contributed by atoms with van der Waals surface area (Å²) in [4.78, 5) is 28.6. The fourth-order valence-corrected chi connectivity index (χ4v) is 3.70. The van der Waals surface area contributed by atoms with Crippen molar-refractivity contribution in [2.24, 2.45) is 16.6 Å². The van der Waals surface area contributed by atoms with Crippen molar-refractivity contribution in [1.82, 2.24) is 4.90 Å². The Hall–Kier alpha value is -2.03. The first-order chi connectivity index (χ1) is 14.3. The van der Waals surface area contributed by atoms with Crippen LogP contribution in [-0.2, 0) is 14.3 Å². The molecule has 1 aromatic rings. The summed E-state index contributed by atoms with van der Waals surface area (Å²) in [5.74, 6) is -1.16. The van der Waals surface area contributed by atoms with E-state index in [-0.39, 0.29) is 41.5 Å². The maximum Gasteiger partial charge on any atom is 0.253 e. The van der Waals surface area contributed by atoms with E-state index in [2.05, 4.69) is 51.8 Å². The van der Waals surface area contributed by atoms with E-state index in [1.807, 2.05) is 0 Å². The highest BCUT2D eigenvalue weighted by Gasteiger charge is 2.31. The van der Waals surface area contributed by atoms with Crippen LogP contribution >= 0.6 is 0 Å². The van der Waals surface area contributed by atoms with Crippen LogP contribution in [-0.4, -0.2) is 62.1 Å². The molecule has 1 heterocycles. The van der Waals surface area contributed by atoms with Gasteiger partial charge in [0.2, 0.25) is 5.91 Å². The Morgan fingerprint density at radius 1 is 1.23 bits per heavy atom. The van der Waals surface area contributed by atoms with Crippen molar-refractivity contribution in [3.05, 3.63) is 24.0 Å². The summed E-state index contributed by atoms with van der Waals surface area (Å²) in [5.41, 5.74) is 6.44. The molecule has 0 aromatic heterocycles. The first-order valence-electron chi connectivity index (χ1n) is 10.7. The smallest absolute Gasteiger partial charge is 0.253 e. The molecule has 1 aromatic carbocycles. The topological polar surface area (TPSA) is 87.9 Å². The molecule has 2 rings (SSSR count). The molecule has 3 N–H and O–H groups in total. The number of morpholine rings is 1. The molecular weight excluding hydrogens is 399 g/mol. The Labute approximate surface area is 185 Å². The van der Waals surface area contributed by atoms with Gasteiger partial charge in [-0.2, -0.15) is 0 Å². The predicted molar refractivity (Wildman–Crippen MR) is 122 cm³/mol. The minimum absolute atomic E-state index is 0.0182. The first-order valence-corrected chi connectivity index (χ1v) is 10.7. The van der Waals surface area contributed by atoms with Crippen molar-refractivity contribution < 1.29 is 18.7 Å². The number of hydrogen-bond donors (Lipinski definition) is 2. The van der Waals surface area contributed by atoms with Crippen molar-refractivity contribution in [1.29, 1.82) is 0 Å². The van der Waals surface area contributed by atoms with E-state index < -0.39 is 11.9 Å². The van der Waals surface area contributed by atoms with E-state index >= 15 is 0 Å². The Balaban J connectivity index is 2.19. The predicted octanol–water partition coefficient (Wildman–Crippen LogP) is 2.85. The van der Waals surface area contributed by atoms with Gasteiger partial charge in [0.25, 0.3) is 5.91 Å². The fraction of sp³-hybridized carbons (Fsp3) is 0.652. The Kier molecular flexibility index (Phi) is 8.19. The quantitative estimate of drug-likeness (QED) is 0.686. The van der Waals surface area contributed by atoms with Crippen LogP contribution in [0.15, 0.2) is 18.2 Å². The zero-order valence-electron chi connectivity index (χ0n) is 19.6. The van der Waals surface area contributed by atoms with Gasteiger partial charge >= 0.3 is 0 Å². The fourth-order valence-electron chi connectivity index (χ4n) is 3.70. The average molecular weight is 437 g/mol. The van der Waals surface area contributed by atoms with Crippen molar-refractivity contribution in [2.45, 2.75) is 47.6 Å². The second-order valence-corrected chi connectivity index (χ2v) is 10.5. The van der Waals surface area contributed by atoms with Crippen molar-refractivity contribution in [3.63, 3.8) is 0 Å². The summed E-state index contributed by atoms with van der Waals surface area (Å²) in [6.45, 7) is 14.9. The lowest BCUT2D eigenvalue weighted by Gasteiger charge is -2.38. The lowest BCUT2D eigenvalue weighted by molar-refractivity contribution is -0.125. The number of ether oxygens (including phenoxy) is 1. The molecule has 1 aliphatic heterocycles. The number of carbonyl (C=O) groups is 2. The number of anilines is 2. The Morgan fingerprint density at radius 3 is 2.32 bits per heavy atom. The molecule has 0 radical (unpaired) electrons. The van der Waals surface area contributed by atoms with Gasteiger partial charge in [-0.05, 0) is 29.0 Å². The molecule has 0 spiro atoms. The first kappa shape index (κ1) is 25.2. The van der Waals surface area contributed by atoms with Gasteiger partial charge < -0.3 is 20.7 Å². The van der Waals surface area contributed by atoms with Crippen LogP contribution in [0.3, 0.4) is 0 Å². The third-order valence-electron chi connectivity index (χ3n) is 4.83. The molecule has 0 aliphatic carbocycles. The molecular formula is C23H37FN4O3. The largest absolute Gasteiger partial charge is 0.370 e. The Morgan fingerprint density at radius 2 is 1.84 bits per heavy atom. The molecule has 1 saturated heterocycles. The van der Waals surface area contributed by atoms with Gasteiger partial charge in [-0.25, -0.2) is 4.39 Å². The number of carbonyl (C=O) groups excluding carboxylic acids is 2. The van der Waals surface area contributed by atoms with Crippen LogP contribution < -0.4 is 16.0 Å². The van der Waals surface area contributed by atoms with Gasteiger partial charge in [0.1, 0.15) is 18.5 Å². The monoisotopic (exact) mass is 436 g/mol. The number of hydrogen-bond acceptors (Lipinski definition) is 5. The van der Waals surface area contributed by atoms with E-state index in [1.165, 1.54) is 17.0 Å². The van der Waals surface area contributed by atoms with Crippen LogP contribution in [0.2, 0.25) is 0 Å². The summed E-state index contributed by atoms with van der Waals surface area (Å²) >= 11 is 0. The minimum Gasteiger partial charge on any atom is -0.370 e. The van der Waals surface area contributed by atoms with Crippen molar-refractivity contribution in [2.75, 3.05) is 49.6 Å². The molecule has 1 aliphatic rings. The van der Waals surface area contributed by atoms with Crippen LogP contribution in [0.1, 0.15) is 41.5 Å². The molecule has 0 bridgehead atoms. The maximum absolute atomic E-state index is 14.8. The number of nitrogens with one attached hydrogen (secondary N) is 1. The lowest BCUT2D eigenvalue weighted by atomic mass is 9.91. The van der Waals surface area contributed by atoms with Crippen LogP contribution in [0.5, 0.6) is 0 Å². The lowest BCUT2D eigenvalue weighted by Crippen LogP contribution is -2.53. The standard InChI is InChI=1S/C23H37FN4O3/c1-22(2,3)14-27(15-23(4,5)6)19(12-25)21(30)26-18-8-7-16(11-17(18)24)28-9-10-31-13-20(28)29/h7-8,11,19H,9-10,12-15,25H2,1-6H3,(H,26,30)/t19-/m1/s1. The van der Waals surface area contributed by atoms with Crippen LogP contribution in [0.25, 0.3) is 0 Å². The normalized spacial score (nSPS) is 16.5. The third kappa shape index (κ3) is 7.55. The summed E-state index contributed by atoms with van der Waals surface area (Å²) < 4.78 is 19.9. The zero-order chi connectivity index (χ0) is 23.4. The van der Waals surface area contributed by atoms with E-state index in [1.54, 1.807) is 6.07 Å². The second kappa shape index (κ2) is 10.1. The number of nitrogens with zero attached hydrogens (tertiary/aromatic N) is 2. The van der Waals surface area contributed by atoms with E-state index in [0.717, 1.165) is 0 Å². The summed E-state index contributed by atoms with van der Waals surface area (Å²) in [5, 5.41) is 2.69. The molecule has 0 unspecified atom stereocenters. The van der Waals surface area contributed by atoms with Gasteiger partial charge in [-0.3, -0.25) is 14.5 Å². The minimum atomic E-state index is -0.598. The number of halogens is 1. The third-order valence-corrected chi connectivity index (χ3v) is 4.83. The van der Waals surface area contributed by atoms with Gasteiger partial charge in [-0.1, -0.05) is 41.5 Å². The summed E-state index contributed by atoms with van der Waals surface area (Å²) in [6.07, 6.45) is 0. The SMILES string of the molecule is CC(C)(C)CN(CC(C)(C)C)[C@H](CN)C(=O)Nc1ccc(N2CCOCC2=O)cc1F. The van der Waals surface area contributed by atoms with Gasteiger partial charge in [0, 0.05) is 31.9 Å². The van der Waals surface area contributed by atoms with Crippen LogP contribution in [0, 0.1) is 16.6 Å². The molecule has 0 saturated carbocycles. The highest BCUT2D eigenvalue weighted by molar-refractivity contribution is 5.97. The highest BCUT2D eigenvalue weighted by Crippen LogP contribution is 2.26. The molecule has 174 valence electrons. The zero-order valence-corrected chi connectivity index (χ0v) is 19.6. The van der Waals surface area contributed by atoms with Gasteiger partial charge in [0.15, 0.2) is 0 Å². The number of nitrogens with two attached hydrogens (primary N) is 1. The molecule has 1 fully saturated rings. The van der Waals surface area contributed by atoms with Gasteiger partial charge in [0.05, 0.1) is 12.3 Å². The maximum atomic E-state index is 14.8.